The van der Waals surface area contributed by atoms with E-state index >= 15 is 13.2 Å². The summed E-state index contributed by atoms with van der Waals surface area (Å²) in [7, 11) is 0. The summed E-state index contributed by atoms with van der Waals surface area (Å²) in [5.41, 5.74) is 9.95. The number of halogens is 3. The molecule has 0 radical (unpaired) electrons. The normalized spacial score (nSPS) is 11.6. The summed E-state index contributed by atoms with van der Waals surface area (Å²) in [4.78, 5) is 17.2. The number of alkyl halides is 3. The number of fused-ring (bicyclic) bond motifs is 6. The molecule has 0 spiro atoms. The maximum atomic E-state index is 15.3. The smallest absolute Gasteiger partial charge is 0.319 e. The van der Waals surface area contributed by atoms with E-state index in [9.17, 15) is 0 Å². The zero-order valence-electron chi connectivity index (χ0n) is 37.0. The van der Waals surface area contributed by atoms with Gasteiger partial charge < -0.3 is 9.13 Å². The van der Waals surface area contributed by atoms with Gasteiger partial charge in [-0.25, -0.2) is 9.69 Å². The fourth-order valence-corrected chi connectivity index (χ4v) is 10.00. The van der Waals surface area contributed by atoms with Crippen molar-refractivity contribution in [3.05, 3.63) is 241 Å². The Kier molecular flexibility index (Phi) is 9.94. The zero-order chi connectivity index (χ0) is 47.5. The first-order valence-electron chi connectivity index (χ1n) is 22.5. The molecule has 330 valence electrons. The van der Waals surface area contributed by atoms with E-state index in [1.54, 1.807) is 18.3 Å². The molecule has 0 fully saturated rings. The Morgan fingerprint density at radius 2 is 0.914 bits per heavy atom. The molecule has 0 atom stereocenters. The van der Waals surface area contributed by atoms with Gasteiger partial charge in [0.1, 0.15) is 0 Å². The Labute approximate surface area is 400 Å². The van der Waals surface area contributed by atoms with Gasteiger partial charge in [0.05, 0.1) is 63.5 Å². The Morgan fingerprint density at radius 1 is 0.414 bits per heavy atom. The van der Waals surface area contributed by atoms with Gasteiger partial charge in [-0.05, 0) is 94.5 Å². The largest absolute Gasteiger partial charge is 0.415 e. The molecular formula is C61H35F3N6. The fraction of sp³-hybridized carbons (Fsp3) is 0.0164. The first-order valence-corrected chi connectivity index (χ1v) is 22.5. The van der Waals surface area contributed by atoms with Crippen LogP contribution < -0.4 is 0 Å². The highest BCUT2D eigenvalue weighted by Gasteiger charge is 2.36. The van der Waals surface area contributed by atoms with Gasteiger partial charge in [-0.2, -0.15) is 13.2 Å². The molecule has 0 unspecified atom stereocenters. The van der Waals surface area contributed by atoms with Crippen molar-refractivity contribution in [1.82, 2.24) is 19.1 Å². The Morgan fingerprint density at radius 3 is 1.46 bits per heavy atom. The van der Waals surface area contributed by atoms with Gasteiger partial charge in [-0.15, -0.1) is 0 Å². The predicted octanol–water partition coefficient (Wildman–Crippen LogP) is 17.1. The third-order valence-corrected chi connectivity index (χ3v) is 13.1. The lowest BCUT2D eigenvalue weighted by Crippen LogP contribution is -2.09. The molecule has 0 amide bonds. The molecule has 0 aliphatic heterocycles. The third kappa shape index (κ3) is 6.87. The summed E-state index contributed by atoms with van der Waals surface area (Å²) in [6.07, 6.45) is -1.22. The van der Waals surface area contributed by atoms with Gasteiger partial charge in [-0.3, -0.25) is 9.97 Å². The molecule has 0 N–H and O–H groups in total. The van der Waals surface area contributed by atoms with Crippen LogP contribution in [0.4, 0.5) is 24.5 Å². The van der Waals surface area contributed by atoms with Crippen LogP contribution in [0.2, 0.25) is 0 Å². The topological polar surface area (TPSA) is 44.4 Å². The average Bonchev–Trinajstić information content (AvgIpc) is 3.92. The molecule has 0 aliphatic carbocycles. The van der Waals surface area contributed by atoms with Crippen LogP contribution in [0.25, 0.3) is 121 Å². The highest BCUT2D eigenvalue weighted by atomic mass is 19.4. The Hall–Kier alpha value is -9.57. The molecule has 6 nitrogen and oxygen atoms in total. The highest BCUT2D eigenvalue weighted by Crippen LogP contribution is 2.51. The van der Waals surface area contributed by atoms with E-state index in [4.69, 9.17) is 13.1 Å². The van der Waals surface area contributed by atoms with Gasteiger partial charge in [0.25, 0.3) is 0 Å². The lowest BCUT2D eigenvalue weighted by molar-refractivity contribution is -0.137. The van der Waals surface area contributed by atoms with Crippen molar-refractivity contribution in [3.63, 3.8) is 0 Å². The maximum Gasteiger partial charge on any atom is 0.415 e. The quantitative estimate of drug-likeness (QED) is 0.150. The van der Waals surface area contributed by atoms with Crippen LogP contribution in [0, 0.1) is 13.1 Å². The van der Waals surface area contributed by atoms with E-state index in [2.05, 4.69) is 37.9 Å². The third-order valence-electron chi connectivity index (χ3n) is 13.1. The minimum atomic E-state index is -4.82. The summed E-state index contributed by atoms with van der Waals surface area (Å²) >= 11 is 0. The molecule has 4 heterocycles. The van der Waals surface area contributed by atoms with Crippen molar-refractivity contribution in [2.45, 2.75) is 6.18 Å². The summed E-state index contributed by atoms with van der Waals surface area (Å²) < 4.78 is 49.8. The lowest BCUT2D eigenvalue weighted by Gasteiger charge is -2.23. The molecule has 0 saturated carbocycles. The lowest BCUT2D eigenvalue weighted by atomic mass is 9.94. The van der Waals surface area contributed by atoms with E-state index < -0.39 is 11.7 Å². The second-order valence-electron chi connectivity index (χ2n) is 17.0. The van der Waals surface area contributed by atoms with Gasteiger partial charge in [0.15, 0.2) is 5.69 Å². The molecule has 0 bridgehead atoms. The minimum Gasteiger partial charge on any atom is -0.319 e. The number of hydrogen-bond donors (Lipinski definition) is 0. The zero-order valence-corrected chi connectivity index (χ0v) is 37.0. The molecule has 8 aromatic carbocycles. The molecule has 12 rings (SSSR count). The molecule has 9 heteroatoms. The number of aromatic nitrogens is 4. The summed E-state index contributed by atoms with van der Waals surface area (Å²) in [6, 6.07) is 63.0. The number of nitrogens with zero attached hydrogens (tertiary/aromatic N) is 6. The van der Waals surface area contributed by atoms with Crippen LogP contribution in [0.3, 0.4) is 0 Å². The van der Waals surface area contributed by atoms with Crippen molar-refractivity contribution in [2.75, 3.05) is 0 Å². The molecule has 12 aromatic rings. The standard InChI is InChI=1S/C61H35F3N6/c1-65-50-21-13-20-49(61(62,63)64)58(50)46-26-29-57(69-53-22-11-9-18-44(53)47-34-40(24-27-55(47)69)42-30-32-67-51(36-42)38-14-5-3-6-15-38)59(66-2)60(46)70-54-23-12-10-19-45(54)48-35-41(25-28-56(48)70)43-31-33-68-52(37-43)39-16-7-4-8-17-39/h3-37H. The first-order chi connectivity index (χ1) is 34.3. The number of rotatable bonds is 7. The van der Waals surface area contributed by atoms with Crippen LogP contribution in [0.1, 0.15) is 5.56 Å². The second-order valence-corrected chi connectivity index (χ2v) is 17.0. The SMILES string of the molecule is [C-]#[N+]c1cccc(C(F)(F)F)c1-c1ccc(-n2c3ccccc3c3cc(-c4ccnc(-c5ccccc5)c4)ccc32)c([N+]#[C-])c1-n1c2ccccc2c2cc(-c3ccnc(-c4ccccc4)c3)ccc21. The van der Waals surface area contributed by atoms with Crippen LogP contribution in [-0.2, 0) is 6.18 Å². The van der Waals surface area contributed by atoms with E-state index in [1.807, 2.05) is 167 Å². The fourth-order valence-electron chi connectivity index (χ4n) is 10.00. The van der Waals surface area contributed by atoms with Gasteiger partial charge >= 0.3 is 6.18 Å². The minimum absolute atomic E-state index is 0.108. The van der Waals surface area contributed by atoms with E-state index in [0.717, 1.165) is 83.4 Å². The van der Waals surface area contributed by atoms with Crippen molar-refractivity contribution in [3.8, 4) is 67.3 Å². The molecule has 0 aliphatic rings. The van der Waals surface area contributed by atoms with Gasteiger partial charge in [-0.1, -0.05) is 133 Å². The predicted molar refractivity (Wildman–Crippen MR) is 275 cm³/mol. The van der Waals surface area contributed by atoms with Crippen molar-refractivity contribution in [2.24, 2.45) is 0 Å². The van der Waals surface area contributed by atoms with Crippen molar-refractivity contribution >= 4 is 55.0 Å². The van der Waals surface area contributed by atoms with Crippen molar-refractivity contribution in [1.29, 1.82) is 0 Å². The Balaban J connectivity index is 1.13. The molecule has 70 heavy (non-hydrogen) atoms. The average molecular weight is 909 g/mol. The Bertz CT molecular complexity index is 4140. The van der Waals surface area contributed by atoms with Crippen LogP contribution in [-0.4, -0.2) is 19.1 Å². The molecular weight excluding hydrogens is 874 g/mol. The number of pyridine rings is 2. The summed E-state index contributed by atoms with van der Waals surface area (Å²) in [5, 5.41) is 3.55. The van der Waals surface area contributed by atoms with Crippen LogP contribution in [0.5, 0.6) is 0 Å². The number of hydrogen-bond acceptors (Lipinski definition) is 2. The summed E-state index contributed by atoms with van der Waals surface area (Å²) in [5.74, 6) is 0. The van der Waals surface area contributed by atoms with Gasteiger partial charge in [0, 0.05) is 50.6 Å². The molecule has 0 saturated heterocycles. The van der Waals surface area contributed by atoms with E-state index in [0.29, 0.717) is 16.7 Å². The first kappa shape index (κ1) is 41.8. The maximum absolute atomic E-state index is 15.3. The summed E-state index contributed by atoms with van der Waals surface area (Å²) in [6.45, 7) is 17.2. The van der Waals surface area contributed by atoms with Gasteiger partial charge in [0.2, 0.25) is 5.69 Å². The van der Waals surface area contributed by atoms with Crippen molar-refractivity contribution < 1.29 is 13.2 Å². The van der Waals surface area contributed by atoms with Crippen LogP contribution >= 0.6 is 0 Å². The monoisotopic (exact) mass is 908 g/mol. The number of benzene rings is 8. The highest BCUT2D eigenvalue weighted by molar-refractivity contribution is 6.14. The van der Waals surface area contributed by atoms with E-state index in [-0.39, 0.29) is 28.2 Å². The van der Waals surface area contributed by atoms with Crippen LogP contribution in [0.15, 0.2) is 213 Å². The number of para-hydroxylation sites is 2. The van der Waals surface area contributed by atoms with E-state index in [1.165, 1.54) is 12.1 Å². The molecule has 4 aromatic heterocycles. The second kappa shape index (κ2) is 16.6.